The van der Waals surface area contributed by atoms with Crippen LogP contribution in [0.1, 0.15) is 12.7 Å². The molecular weight excluding hydrogens is 230 g/mol. The summed E-state index contributed by atoms with van der Waals surface area (Å²) >= 11 is 0. The predicted octanol–water partition coefficient (Wildman–Crippen LogP) is -0.354. The Bertz CT molecular complexity index is 415. The number of aromatic nitrogens is 2. The molecule has 18 heavy (non-hydrogen) atoms. The van der Waals surface area contributed by atoms with Gasteiger partial charge in [-0.1, -0.05) is 0 Å². The van der Waals surface area contributed by atoms with Crippen LogP contribution in [0, 0.1) is 0 Å². The SMILES string of the molecule is CC(=O)N1CCN(c2ccnc(CCN)n2)CC1. The summed E-state index contributed by atoms with van der Waals surface area (Å²) in [6, 6.07) is 1.91. The van der Waals surface area contributed by atoms with E-state index in [9.17, 15) is 4.79 Å². The number of nitrogens with two attached hydrogens (primary N) is 1. The Morgan fingerprint density at radius 3 is 2.72 bits per heavy atom. The maximum absolute atomic E-state index is 11.2. The van der Waals surface area contributed by atoms with E-state index in [2.05, 4.69) is 14.9 Å². The van der Waals surface area contributed by atoms with E-state index in [1.165, 1.54) is 0 Å². The van der Waals surface area contributed by atoms with Gasteiger partial charge in [-0.3, -0.25) is 4.79 Å². The molecule has 1 saturated heterocycles. The van der Waals surface area contributed by atoms with Crippen LogP contribution in [-0.2, 0) is 11.2 Å². The van der Waals surface area contributed by atoms with Gasteiger partial charge in [0.25, 0.3) is 0 Å². The molecule has 0 bridgehead atoms. The number of hydrogen-bond donors (Lipinski definition) is 1. The third-order valence-corrected chi connectivity index (χ3v) is 3.11. The fourth-order valence-electron chi connectivity index (χ4n) is 2.06. The van der Waals surface area contributed by atoms with Crippen LogP contribution in [0.4, 0.5) is 5.82 Å². The van der Waals surface area contributed by atoms with E-state index in [1.807, 2.05) is 11.0 Å². The normalized spacial score (nSPS) is 15.9. The summed E-state index contributed by atoms with van der Waals surface area (Å²) in [4.78, 5) is 24.0. The largest absolute Gasteiger partial charge is 0.353 e. The van der Waals surface area contributed by atoms with Crippen molar-refractivity contribution in [2.75, 3.05) is 37.6 Å². The number of anilines is 1. The molecule has 1 aliphatic rings. The van der Waals surface area contributed by atoms with E-state index < -0.39 is 0 Å². The van der Waals surface area contributed by atoms with Crippen molar-refractivity contribution in [1.82, 2.24) is 14.9 Å². The van der Waals surface area contributed by atoms with Gasteiger partial charge in [-0.05, 0) is 12.6 Å². The van der Waals surface area contributed by atoms with E-state index in [4.69, 9.17) is 5.73 Å². The number of carbonyl (C=O) groups excluding carboxylic acids is 1. The summed E-state index contributed by atoms with van der Waals surface area (Å²) in [5.41, 5.74) is 5.50. The van der Waals surface area contributed by atoms with Crippen LogP contribution in [0.5, 0.6) is 0 Å². The molecular formula is C12H19N5O. The summed E-state index contributed by atoms with van der Waals surface area (Å²) < 4.78 is 0. The second kappa shape index (κ2) is 5.77. The highest BCUT2D eigenvalue weighted by Crippen LogP contribution is 2.13. The summed E-state index contributed by atoms with van der Waals surface area (Å²) in [5, 5.41) is 0. The summed E-state index contributed by atoms with van der Waals surface area (Å²) in [6.07, 6.45) is 2.46. The topological polar surface area (TPSA) is 75.4 Å². The van der Waals surface area contributed by atoms with Gasteiger partial charge >= 0.3 is 0 Å². The van der Waals surface area contributed by atoms with Crippen molar-refractivity contribution in [3.63, 3.8) is 0 Å². The van der Waals surface area contributed by atoms with Crippen LogP contribution >= 0.6 is 0 Å². The van der Waals surface area contributed by atoms with Gasteiger partial charge < -0.3 is 15.5 Å². The monoisotopic (exact) mass is 249 g/mol. The first-order valence-corrected chi connectivity index (χ1v) is 6.23. The third-order valence-electron chi connectivity index (χ3n) is 3.11. The second-order valence-electron chi connectivity index (χ2n) is 4.36. The minimum absolute atomic E-state index is 0.140. The molecule has 1 aromatic rings. The molecule has 98 valence electrons. The number of piperazine rings is 1. The van der Waals surface area contributed by atoms with E-state index in [-0.39, 0.29) is 5.91 Å². The van der Waals surface area contributed by atoms with Gasteiger partial charge in [-0.15, -0.1) is 0 Å². The lowest BCUT2D eigenvalue weighted by Crippen LogP contribution is -2.48. The van der Waals surface area contributed by atoms with Gasteiger partial charge in [0.05, 0.1) is 0 Å². The van der Waals surface area contributed by atoms with Gasteiger partial charge in [0, 0.05) is 45.7 Å². The minimum Gasteiger partial charge on any atom is -0.353 e. The van der Waals surface area contributed by atoms with Crippen LogP contribution < -0.4 is 10.6 Å². The van der Waals surface area contributed by atoms with Crippen molar-refractivity contribution in [3.8, 4) is 0 Å². The third kappa shape index (κ3) is 2.95. The first-order chi connectivity index (χ1) is 8.70. The molecule has 2 N–H and O–H groups in total. The maximum Gasteiger partial charge on any atom is 0.219 e. The quantitative estimate of drug-likeness (QED) is 0.792. The number of amides is 1. The average molecular weight is 249 g/mol. The minimum atomic E-state index is 0.140. The smallest absolute Gasteiger partial charge is 0.219 e. The molecule has 1 fully saturated rings. The summed E-state index contributed by atoms with van der Waals surface area (Å²) in [6.45, 7) is 5.32. The van der Waals surface area contributed by atoms with Crippen molar-refractivity contribution in [2.24, 2.45) is 5.73 Å². The highest BCUT2D eigenvalue weighted by atomic mass is 16.2. The molecule has 0 aromatic carbocycles. The van der Waals surface area contributed by atoms with E-state index in [0.717, 1.165) is 37.8 Å². The van der Waals surface area contributed by atoms with Crippen molar-refractivity contribution in [1.29, 1.82) is 0 Å². The molecule has 0 unspecified atom stereocenters. The molecule has 1 aliphatic heterocycles. The zero-order valence-electron chi connectivity index (χ0n) is 10.7. The van der Waals surface area contributed by atoms with E-state index in [0.29, 0.717) is 13.0 Å². The second-order valence-corrected chi connectivity index (χ2v) is 4.36. The molecule has 2 rings (SSSR count). The predicted molar refractivity (Wildman–Crippen MR) is 69.3 cm³/mol. The lowest BCUT2D eigenvalue weighted by molar-refractivity contribution is -0.129. The number of rotatable bonds is 3. The molecule has 1 amide bonds. The van der Waals surface area contributed by atoms with Crippen LogP contribution in [0.3, 0.4) is 0 Å². The molecule has 0 saturated carbocycles. The van der Waals surface area contributed by atoms with Crippen molar-refractivity contribution in [2.45, 2.75) is 13.3 Å². The molecule has 0 radical (unpaired) electrons. The van der Waals surface area contributed by atoms with Crippen molar-refractivity contribution >= 4 is 11.7 Å². The molecule has 6 heteroatoms. The lowest BCUT2D eigenvalue weighted by atomic mass is 10.3. The molecule has 6 nitrogen and oxygen atoms in total. The molecule has 0 atom stereocenters. The summed E-state index contributed by atoms with van der Waals surface area (Å²) in [7, 11) is 0. The Hall–Kier alpha value is -1.69. The number of nitrogens with zero attached hydrogens (tertiary/aromatic N) is 4. The summed E-state index contributed by atoms with van der Waals surface area (Å²) in [5.74, 6) is 1.85. The van der Waals surface area contributed by atoms with Gasteiger partial charge in [0.15, 0.2) is 0 Å². The fraction of sp³-hybridized carbons (Fsp3) is 0.583. The Labute approximate surface area is 107 Å². The Balaban J connectivity index is 2.00. The first kappa shape index (κ1) is 12.8. The highest BCUT2D eigenvalue weighted by Gasteiger charge is 2.19. The highest BCUT2D eigenvalue weighted by molar-refractivity contribution is 5.73. The Kier molecular flexibility index (Phi) is 4.09. The van der Waals surface area contributed by atoms with Crippen LogP contribution in [0.15, 0.2) is 12.3 Å². The average Bonchev–Trinajstić information content (AvgIpc) is 2.39. The molecule has 2 heterocycles. The van der Waals surface area contributed by atoms with Crippen molar-refractivity contribution < 1.29 is 4.79 Å². The zero-order chi connectivity index (χ0) is 13.0. The van der Waals surface area contributed by atoms with Crippen LogP contribution in [-0.4, -0.2) is 53.5 Å². The zero-order valence-corrected chi connectivity index (χ0v) is 10.7. The molecule has 1 aromatic heterocycles. The van der Waals surface area contributed by atoms with Crippen molar-refractivity contribution in [3.05, 3.63) is 18.1 Å². The van der Waals surface area contributed by atoms with E-state index in [1.54, 1.807) is 13.1 Å². The number of carbonyl (C=O) groups is 1. The fourth-order valence-corrected chi connectivity index (χ4v) is 2.06. The van der Waals surface area contributed by atoms with Gasteiger partial charge in [0.1, 0.15) is 11.6 Å². The number of hydrogen-bond acceptors (Lipinski definition) is 5. The Morgan fingerprint density at radius 2 is 2.11 bits per heavy atom. The maximum atomic E-state index is 11.2. The van der Waals surface area contributed by atoms with Crippen LogP contribution in [0.2, 0.25) is 0 Å². The van der Waals surface area contributed by atoms with E-state index >= 15 is 0 Å². The van der Waals surface area contributed by atoms with Gasteiger partial charge in [-0.25, -0.2) is 9.97 Å². The molecule has 0 spiro atoms. The first-order valence-electron chi connectivity index (χ1n) is 6.23. The molecule has 0 aliphatic carbocycles. The van der Waals surface area contributed by atoms with Gasteiger partial charge in [-0.2, -0.15) is 0 Å². The van der Waals surface area contributed by atoms with Crippen LogP contribution in [0.25, 0.3) is 0 Å². The lowest BCUT2D eigenvalue weighted by Gasteiger charge is -2.34. The standard InChI is InChI=1S/C12H19N5O/c1-10(18)16-6-8-17(9-7-16)12-3-5-14-11(15-12)2-4-13/h3,5H,2,4,6-9,13H2,1H3. The Morgan fingerprint density at radius 1 is 1.39 bits per heavy atom. The van der Waals surface area contributed by atoms with Gasteiger partial charge in [0.2, 0.25) is 5.91 Å².